The van der Waals surface area contributed by atoms with Crippen molar-refractivity contribution in [3.05, 3.63) is 36.0 Å². The number of hydrogen-bond donors (Lipinski definition) is 0. The molecule has 0 bridgehead atoms. The molecule has 0 unspecified atom stereocenters. The minimum absolute atomic E-state index is 1.28. The molecule has 9 heavy (non-hydrogen) atoms. The van der Waals surface area contributed by atoms with E-state index in [0.717, 1.165) is 0 Å². The molecule has 0 aromatic carbocycles. The highest BCUT2D eigenvalue weighted by molar-refractivity contribution is 5.28. The third kappa shape index (κ3) is 2.91. The van der Waals surface area contributed by atoms with Gasteiger partial charge >= 0.3 is 0 Å². The van der Waals surface area contributed by atoms with E-state index >= 15 is 0 Å². The van der Waals surface area contributed by atoms with Crippen LogP contribution in [0, 0.1) is 0 Å². The highest BCUT2D eigenvalue weighted by atomic mass is 13.9. The van der Waals surface area contributed by atoms with E-state index in [-0.39, 0.29) is 0 Å². The molecule has 0 aliphatic heterocycles. The largest absolute Gasteiger partial charge is 0.0991 e. The normalized spacial score (nSPS) is 13.7. The second kappa shape index (κ2) is 4.13. The van der Waals surface area contributed by atoms with Crippen LogP contribution in [-0.4, -0.2) is 0 Å². The molecule has 0 nitrogen and oxygen atoms in total. The van der Waals surface area contributed by atoms with Gasteiger partial charge in [0.1, 0.15) is 0 Å². The quantitative estimate of drug-likeness (QED) is 0.494. The predicted octanol–water partition coefficient (Wildman–Crippen LogP) is 3.08. The molecule has 0 radical (unpaired) electrons. The summed E-state index contributed by atoms with van der Waals surface area (Å²) in [4.78, 5) is 0. The highest BCUT2D eigenvalue weighted by Crippen LogP contribution is 2.06. The van der Waals surface area contributed by atoms with Crippen molar-refractivity contribution in [1.29, 1.82) is 0 Å². The molecule has 0 fully saturated rings. The Bertz CT molecular complexity index is 147. The van der Waals surface area contributed by atoms with E-state index in [9.17, 15) is 0 Å². The fourth-order valence-corrected chi connectivity index (χ4v) is 0.536. The third-order valence-electron chi connectivity index (χ3n) is 1.42. The van der Waals surface area contributed by atoms with Gasteiger partial charge in [0, 0.05) is 0 Å². The average Bonchev–Trinajstić information content (AvgIpc) is 1.87. The van der Waals surface area contributed by atoms with Crippen LogP contribution in [0.1, 0.15) is 20.8 Å². The van der Waals surface area contributed by atoms with Crippen molar-refractivity contribution in [3.8, 4) is 0 Å². The Morgan fingerprint density at radius 1 is 1.22 bits per heavy atom. The summed E-state index contributed by atoms with van der Waals surface area (Å²) in [6.45, 7) is 9.82. The van der Waals surface area contributed by atoms with E-state index in [1.165, 1.54) is 11.1 Å². The molecule has 0 aromatic heterocycles. The predicted molar refractivity (Wildman–Crippen MR) is 43.4 cm³/mol. The van der Waals surface area contributed by atoms with Crippen molar-refractivity contribution in [1.82, 2.24) is 0 Å². The van der Waals surface area contributed by atoms with Gasteiger partial charge in [-0.1, -0.05) is 30.4 Å². The van der Waals surface area contributed by atoms with Crippen LogP contribution in [0.25, 0.3) is 0 Å². The molecule has 0 heterocycles. The van der Waals surface area contributed by atoms with Crippen LogP contribution in [0.3, 0.4) is 0 Å². The highest BCUT2D eigenvalue weighted by Gasteiger charge is 1.85. The van der Waals surface area contributed by atoms with Crippen LogP contribution >= 0.6 is 0 Å². The van der Waals surface area contributed by atoms with Gasteiger partial charge in [-0.25, -0.2) is 0 Å². The van der Waals surface area contributed by atoms with Gasteiger partial charge in [-0.3, -0.25) is 0 Å². The van der Waals surface area contributed by atoms with E-state index in [4.69, 9.17) is 0 Å². The maximum absolute atomic E-state index is 3.61. The SMILES string of the molecule is C=C/C=C(C)/C(C)=C/C. The van der Waals surface area contributed by atoms with Crippen LogP contribution in [0.2, 0.25) is 0 Å². The minimum atomic E-state index is 1.28. The maximum Gasteiger partial charge on any atom is -0.0395 e. The van der Waals surface area contributed by atoms with E-state index in [1.807, 2.05) is 19.1 Å². The van der Waals surface area contributed by atoms with Crippen molar-refractivity contribution in [2.75, 3.05) is 0 Å². The first-order valence-corrected chi connectivity index (χ1v) is 3.15. The Morgan fingerprint density at radius 2 is 1.78 bits per heavy atom. The summed E-state index contributed by atoms with van der Waals surface area (Å²) in [6.07, 6.45) is 5.91. The second-order valence-electron chi connectivity index (χ2n) is 2.06. The van der Waals surface area contributed by atoms with Gasteiger partial charge < -0.3 is 0 Å². The van der Waals surface area contributed by atoms with Gasteiger partial charge in [-0.15, -0.1) is 0 Å². The lowest BCUT2D eigenvalue weighted by molar-refractivity contribution is 1.33. The molecule has 0 spiro atoms. The first-order valence-electron chi connectivity index (χ1n) is 3.15. The molecule has 0 aliphatic carbocycles. The molecule has 0 saturated heterocycles. The van der Waals surface area contributed by atoms with E-state index in [2.05, 4.69) is 26.5 Å². The summed E-state index contributed by atoms with van der Waals surface area (Å²) >= 11 is 0. The molecule has 0 aliphatic rings. The fourth-order valence-electron chi connectivity index (χ4n) is 0.536. The van der Waals surface area contributed by atoms with Crippen LogP contribution in [0.5, 0.6) is 0 Å². The molecular weight excluding hydrogens is 108 g/mol. The van der Waals surface area contributed by atoms with Crippen molar-refractivity contribution in [3.63, 3.8) is 0 Å². The van der Waals surface area contributed by atoms with Crippen LogP contribution in [0.4, 0.5) is 0 Å². The molecule has 0 aromatic rings. The molecule has 0 heteroatoms. The summed E-state index contributed by atoms with van der Waals surface area (Å²) in [5.41, 5.74) is 2.60. The maximum atomic E-state index is 3.61. The first-order chi connectivity index (χ1) is 4.22. The van der Waals surface area contributed by atoms with Gasteiger partial charge in [0.25, 0.3) is 0 Å². The lowest BCUT2D eigenvalue weighted by Gasteiger charge is -1.95. The third-order valence-corrected chi connectivity index (χ3v) is 1.42. The standard InChI is InChI=1S/C9H14/c1-5-7-9(4)8(3)6-2/h5-7H,1H2,2-4H3/b8-6+,9-7+. The second-order valence-corrected chi connectivity index (χ2v) is 2.06. The molecule has 0 saturated carbocycles. The van der Waals surface area contributed by atoms with Crippen molar-refractivity contribution < 1.29 is 0 Å². The monoisotopic (exact) mass is 122 g/mol. The average molecular weight is 122 g/mol. The molecule has 0 rings (SSSR count). The Kier molecular flexibility index (Phi) is 3.78. The topological polar surface area (TPSA) is 0 Å². The minimum Gasteiger partial charge on any atom is -0.0991 e. The number of rotatable bonds is 2. The molecule has 0 N–H and O–H groups in total. The Labute approximate surface area is 57.6 Å². The zero-order valence-electron chi connectivity index (χ0n) is 6.44. The van der Waals surface area contributed by atoms with Crippen LogP contribution < -0.4 is 0 Å². The van der Waals surface area contributed by atoms with Crippen LogP contribution in [0.15, 0.2) is 36.0 Å². The van der Waals surface area contributed by atoms with Gasteiger partial charge in [0.2, 0.25) is 0 Å². The lowest BCUT2D eigenvalue weighted by Crippen LogP contribution is -1.75. The van der Waals surface area contributed by atoms with Gasteiger partial charge in [-0.2, -0.15) is 0 Å². The van der Waals surface area contributed by atoms with Gasteiger partial charge in [0.15, 0.2) is 0 Å². The van der Waals surface area contributed by atoms with Crippen LogP contribution in [-0.2, 0) is 0 Å². The summed E-state index contributed by atoms with van der Waals surface area (Å²) in [5.74, 6) is 0. The van der Waals surface area contributed by atoms with Gasteiger partial charge in [-0.05, 0) is 26.3 Å². The zero-order chi connectivity index (χ0) is 7.28. The number of hydrogen-bond acceptors (Lipinski definition) is 0. The molecule has 0 atom stereocenters. The fraction of sp³-hybridized carbons (Fsp3) is 0.333. The Morgan fingerprint density at radius 3 is 2.11 bits per heavy atom. The van der Waals surface area contributed by atoms with Gasteiger partial charge in [0.05, 0.1) is 0 Å². The van der Waals surface area contributed by atoms with E-state index < -0.39 is 0 Å². The molecular formula is C9H14. The summed E-state index contributed by atoms with van der Waals surface area (Å²) in [5, 5.41) is 0. The first kappa shape index (κ1) is 8.22. The smallest absolute Gasteiger partial charge is 0.0395 e. The zero-order valence-corrected chi connectivity index (χ0v) is 6.44. The van der Waals surface area contributed by atoms with E-state index in [0.29, 0.717) is 0 Å². The number of allylic oxidation sites excluding steroid dienone is 5. The summed E-state index contributed by atoms with van der Waals surface area (Å²) in [6, 6.07) is 0. The van der Waals surface area contributed by atoms with Crippen molar-refractivity contribution in [2.45, 2.75) is 20.8 Å². The summed E-state index contributed by atoms with van der Waals surface area (Å²) < 4.78 is 0. The Balaban J connectivity index is 4.19. The molecule has 50 valence electrons. The molecule has 0 amide bonds. The summed E-state index contributed by atoms with van der Waals surface area (Å²) in [7, 11) is 0. The van der Waals surface area contributed by atoms with Crippen molar-refractivity contribution >= 4 is 0 Å². The Hall–Kier alpha value is -0.780. The van der Waals surface area contributed by atoms with Crippen molar-refractivity contribution in [2.24, 2.45) is 0 Å². The lowest BCUT2D eigenvalue weighted by atomic mass is 10.1. The van der Waals surface area contributed by atoms with E-state index in [1.54, 1.807) is 0 Å².